The number of carboxylic acids is 1. The maximum absolute atomic E-state index is 12.9. The molecule has 0 aromatic heterocycles. The van der Waals surface area contributed by atoms with Crippen LogP contribution in [0.1, 0.15) is 36.3 Å². The minimum Gasteiger partial charge on any atom is -0.480 e. The van der Waals surface area contributed by atoms with Crippen molar-refractivity contribution in [2.75, 3.05) is 33.8 Å². The summed E-state index contributed by atoms with van der Waals surface area (Å²) in [6.45, 7) is 0.504. The predicted molar refractivity (Wildman–Crippen MR) is 127 cm³/mol. The highest BCUT2D eigenvalue weighted by Gasteiger charge is 2.45. The topological polar surface area (TPSA) is 108 Å². The molecule has 0 aliphatic heterocycles. The first-order valence-electron chi connectivity index (χ1n) is 11.6. The average molecular weight is 466 g/mol. The smallest absolute Gasteiger partial charge is 0.407 e. The summed E-state index contributed by atoms with van der Waals surface area (Å²) < 4.78 is 5.57. The van der Waals surface area contributed by atoms with E-state index in [-0.39, 0.29) is 31.5 Å². The lowest BCUT2D eigenvalue weighted by Crippen LogP contribution is -2.57. The Bertz CT molecular complexity index is 1030. The molecule has 3 N–H and O–H groups in total. The Hall–Kier alpha value is -3.39. The van der Waals surface area contributed by atoms with Gasteiger partial charge in [-0.3, -0.25) is 4.79 Å². The Morgan fingerprint density at radius 2 is 1.65 bits per heavy atom. The standard InChI is InChI=1S/C26H31N3O5/c1-29(2)14-22(23(30)31)28-24(32)26(12-7-13-26)16-27-25(33)34-15-21-19-10-5-3-8-17(19)18-9-4-6-11-20(18)21/h3-6,8-11,21-22H,7,12-16H2,1-2H3,(H,27,33)(H,28,32)(H,30,31)/t22-/m0/s1. The van der Waals surface area contributed by atoms with Crippen molar-refractivity contribution in [3.8, 4) is 11.1 Å². The van der Waals surface area contributed by atoms with Gasteiger partial charge in [0.15, 0.2) is 0 Å². The number of benzene rings is 2. The summed E-state index contributed by atoms with van der Waals surface area (Å²) in [6, 6.07) is 15.2. The minimum absolute atomic E-state index is 0.0403. The van der Waals surface area contributed by atoms with Gasteiger partial charge in [-0.2, -0.15) is 0 Å². The molecular formula is C26H31N3O5. The first-order chi connectivity index (χ1) is 16.3. The number of likely N-dealkylation sites (N-methyl/N-ethyl adjacent to an activating group) is 1. The highest BCUT2D eigenvalue weighted by atomic mass is 16.5. The van der Waals surface area contributed by atoms with E-state index in [1.54, 1.807) is 19.0 Å². The van der Waals surface area contributed by atoms with Gasteiger partial charge in [0.05, 0.1) is 5.41 Å². The van der Waals surface area contributed by atoms with Gasteiger partial charge in [0.25, 0.3) is 0 Å². The van der Waals surface area contributed by atoms with Crippen LogP contribution in [-0.4, -0.2) is 67.8 Å². The molecule has 0 radical (unpaired) electrons. The first kappa shape index (κ1) is 23.8. The second kappa shape index (κ2) is 9.85. The molecule has 0 saturated heterocycles. The molecule has 2 aromatic rings. The van der Waals surface area contributed by atoms with Crippen LogP contribution in [0.15, 0.2) is 48.5 Å². The van der Waals surface area contributed by atoms with Gasteiger partial charge in [-0.25, -0.2) is 9.59 Å². The Labute approximate surface area is 199 Å². The van der Waals surface area contributed by atoms with E-state index in [9.17, 15) is 19.5 Å². The highest BCUT2D eigenvalue weighted by Crippen LogP contribution is 2.44. The number of hydrogen-bond donors (Lipinski definition) is 3. The maximum atomic E-state index is 12.9. The van der Waals surface area contributed by atoms with E-state index in [0.717, 1.165) is 28.7 Å². The molecule has 4 rings (SSSR count). The van der Waals surface area contributed by atoms with Crippen molar-refractivity contribution < 1.29 is 24.2 Å². The minimum atomic E-state index is -1.08. The number of nitrogens with zero attached hydrogens (tertiary/aromatic N) is 1. The fourth-order valence-corrected chi connectivity index (χ4v) is 4.84. The number of alkyl carbamates (subject to hydrolysis) is 1. The van der Waals surface area contributed by atoms with E-state index in [4.69, 9.17) is 4.74 Å². The molecule has 2 aliphatic carbocycles. The maximum Gasteiger partial charge on any atom is 0.407 e. The van der Waals surface area contributed by atoms with Crippen molar-refractivity contribution in [3.05, 3.63) is 59.7 Å². The van der Waals surface area contributed by atoms with E-state index in [1.165, 1.54) is 0 Å². The number of ether oxygens (including phenoxy) is 1. The molecule has 2 aliphatic rings. The molecule has 0 spiro atoms. The molecule has 1 atom stereocenters. The van der Waals surface area contributed by atoms with Crippen LogP contribution in [0.5, 0.6) is 0 Å². The van der Waals surface area contributed by atoms with Crippen LogP contribution in [0.25, 0.3) is 11.1 Å². The number of carbonyl (C=O) groups excluding carboxylic acids is 2. The van der Waals surface area contributed by atoms with E-state index in [0.29, 0.717) is 12.8 Å². The van der Waals surface area contributed by atoms with Gasteiger partial charge in [0.1, 0.15) is 12.6 Å². The fraction of sp³-hybridized carbons (Fsp3) is 0.423. The SMILES string of the molecule is CN(C)C[C@H](NC(=O)C1(CNC(=O)OCC2c3ccccc3-c3ccccc32)CCC1)C(=O)O. The van der Waals surface area contributed by atoms with Crippen LogP contribution in [0.3, 0.4) is 0 Å². The number of fused-ring (bicyclic) bond motifs is 3. The van der Waals surface area contributed by atoms with Gasteiger partial charge in [-0.1, -0.05) is 55.0 Å². The molecule has 0 heterocycles. The average Bonchev–Trinajstić information content (AvgIpc) is 3.10. The molecule has 8 heteroatoms. The zero-order valence-corrected chi connectivity index (χ0v) is 19.5. The largest absolute Gasteiger partial charge is 0.480 e. The molecule has 1 fully saturated rings. The molecule has 1 saturated carbocycles. The molecule has 2 aromatic carbocycles. The van der Waals surface area contributed by atoms with Gasteiger partial charge in [0, 0.05) is 19.0 Å². The predicted octanol–water partition coefficient (Wildman–Crippen LogP) is 2.83. The lowest BCUT2D eigenvalue weighted by Gasteiger charge is -2.40. The summed E-state index contributed by atoms with van der Waals surface area (Å²) in [5.74, 6) is -1.46. The van der Waals surface area contributed by atoms with Gasteiger partial charge >= 0.3 is 12.1 Å². The van der Waals surface area contributed by atoms with E-state index in [2.05, 4.69) is 34.9 Å². The number of carbonyl (C=O) groups is 3. The van der Waals surface area contributed by atoms with Gasteiger partial charge in [0.2, 0.25) is 5.91 Å². The summed E-state index contributed by atoms with van der Waals surface area (Å²) in [5.41, 5.74) is 3.77. The lowest BCUT2D eigenvalue weighted by molar-refractivity contribution is -0.146. The Morgan fingerprint density at radius 3 is 2.15 bits per heavy atom. The third-order valence-corrected chi connectivity index (χ3v) is 6.86. The monoisotopic (exact) mass is 465 g/mol. The van der Waals surface area contributed by atoms with Crippen molar-refractivity contribution >= 4 is 18.0 Å². The summed E-state index contributed by atoms with van der Waals surface area (Å²) in [6.07, 6.45) is 1.46. The lowest BCUT2D eigenvalue weighted by atomic mass is 9.68. The number of hydrogen-bond acceptors (Lipinski definition) is 5. The van der Waals surface area contributed by atoms with E-state index < -0.39 is 23.5 Å². The van der Waals surface area contributed by atoms with E-state index >= 15 is 0 Å². The van der Waals surface area contributed by atoms with Crippen LogP contribution in [0.2, 0.25) is 0 Å². The number of carboxylic acid groups (broad SMARTS) is 1. The number of aliphatic carboxylic acids is 1. The van der Waals surface area contributed by atoms with Gasteiger partial charge in [-0.15, -0.1) is 0 Å². The van der Waals surface area contributed by atoms with Crippen LogP contribution >= 0.6 is 0 Å². The van der Waals surface area contributed by atoms with Crippen LogP contribution in [-0.2, 0) is 14.3 Å². The third-order valence-electron chi connectivity index (χ3n) is 6.86. The van der Waals surface area contributed by atoms with Crippen molar-refractivity contribution in [2.45, 2.75) is 31.2 Å². The van der Waals surface area contributed by atoms with Crippen molar-refractivity contribution in [3.63, 3.8) is 0 Å². The number of amides is 2. The van der Waals surface area contributed by atoms with E-state index in [1.807, 2.05) is 24.3 Å². The van der Waals surface area contributed by atoms with Crippen molar-refractivity contribution in [1.82, 2.24) is 15.5 Å². The molecule has 0 bridgehead atoms. The van der Waals surface area contributed by atoms with Crippen molar-refractivity contribution in [1.29, 1.82) is 0 Å². The molecular weight excluding hydrogens is 434 g/mol. The van der Waals surface area contributed by atoms with Crippen LogP contribution in [0.4, 0.5) is 4.79 Å². The van der Waals surface area contributed by atoms with Gasteiger partial charge in [-0.05, 0) is 49.2 Å². The molecule has 0 unspecified atom stereocenters. The summed E-state index contributed by atoms with van der Waals surface area (Å²) in [7, 11) is 3.50. The second-order valence-electron chi connectivity index (χ2n) is 9.44. The second-order valence-corrected chi connectivity index (χ2v) is 9.44. The first-order valence-corrected chi connectivity index (χ1v) is 11.6. The van der Waals surface area contributed by atoms with Crippen molar-refractivity contribution in [2.24, 2.45) is 5.41 Å². The fourth-order valence-electron chi connectivity index (χ4n) is 4.84. The number of rotatable bonds is 9. The molecule has 180 valence electrons. The zero-order valence-electron chi connectivity index (χ0n) is 19.5. The molecule has 34 heavy (non-hydrogen) atoms. The Balaban J connectivity index is 1.35. The Morgan fingerprint density at radius 1 is 1.06 bits per heavy atom. The Kier molecular flexibility index (Phi) is 6.88. The third kappa shape index (κ3) is 4.77. The number of nitrogens with one attached hydrogen (secondary N) is 2. The highest BCUT2D eigenvalue weighted by molar-refractivity contribution is 5.89. The summed E-state index contributed by atoms with van der Waals surface area (Å²) >= 11 is 0. The van der Waals surface area contributed by atoms with Crippen LogP contribution in [0, 0.1) is 5.41 Å². The molecule has 8 nitrogen and oxygen atoms in total. The summed E-state index contributed by atoms with van der Waals surface area (Å²) in [4.78, 5) is 38.7. The quantitative estimate of drug-likeness (QED) is 0.526. The normalized spacial score (nSPS) is 16.7. The summed E-state index contributed by atoms with van der Waals surface area (Å²) in [5, 5.41) is 14.8. The molecule has 2 amide bonds. The zero-order chi connectivity index (χ0) is 24.3. The van der Waals surface area contributed by atoms with Crippen LogP contribution < -0.4 is 10.6 Å². The van der Waals surface area contributed by atoms with Gasteiger partial charge < -0.3 is 25.4 Å².